The topological polar surface area (TPSA) is 130 Å². The molecular formula is C63H68N2O9Si2. The lowest BCUT2D eigenvalue weighted by atomic mass is 9.65. The van der Waals surface area contributed by atoms with E-state index in [9.17, 15) is 14.7 Å². The first kappa shape index (κ1) is 53.9. The van der Waals surface area contributed by atoms with Gasteiger partial charge in [-0.25, -0.2) is 4.79 Å². The normalized spacial score (nSPS) is 18.7. The fourth-order valence-electron chi connectivity index (χ4n) is 11.0. The lowest BCUT2D eigenvalue weighted by Crippen LogP contribution is -2.73. The molecule has 2 N–H and O–H groups in total. The third-order valence-corrected chi connectivity index (χ3v) is 20.9. The molecule has 0 amide bonds. The minimum absolute atomic E-state index is 0.325. The summed E-state index contributed by atoms with van der Waals surface area (Å²) in [7, 11) is -2.20. The van der Waals surface area contributed by atoms with Crippen molar-refractivity contribution in [2.45, 2.75) is 93.5 Å². The zero-order valence-corrected chi connectivity index (χ0v) is 46.9. The lowest BCUT2D eigenvalue weighted by Gasteiger charge is -2.57. The molecule has 1 saturated heterocycles. The first-order valence-corrected chi connectivity index (χ1v) is 28.9. The molecule has 5 unspecified atom stereocenters. The van der Waals surface area contributed by atoms with Crippen molar-refractivity contribution in [2.24, 2.45) is 0 Å². The van der Waals surface area contributed by atoms with Crippen molar-refractivity contribution in [3.63, 3.8) is 0 Å². The van der Waals surface area contributed by atoms with Crippen LogP contribution in [0.1, 0.15) is 87.8 Å². The van der Waals surface area contributed by atoms with Gasteiger partial charge in [-0.05, 0) is 72.5 Å². The number of nitrogens with one attached hydrogen (secondary N) is 1. The molecule has 1 aliphatic rings. The van der Waals surface area contributed by atoms with Crippen LogP contribution < -0.4 is 31.1 Å². The summed E-state index contributed by atoms with van der Waals surface area (Å²) in [5, 5.41) is 15.0. The van der Waals surface area contributed by atoms with Crippen LogP contribution in [-0.2, 0) is 23.9 Å². The van der Waals surface area contributed by atoms with E-state index < -0.39 is 76.2 Å². The summed E-state index contributed by atoms with van der Waals surface area (Å²) in [5.74, 6) is 1.33. The Bertz CT molecular complexity index is 3130. The van der Waals surface area contributed by atoms with E-state index in [2.05, 4.69) is 70.8 Å². The molecule has 1 fully saturated rings. The van der Waals surface area contributed by atoms with Gasteiger partial charge in [0.1, 0.15) is 41.5 Å². The van der Waals surface area contributed by atoms with Crippen molar-refractivity contribution < 1.29 is 32.9 Å². The number of benzene rings is 7. The maximum atomic E-state index is 14.5. The zero-order valence-electron chi connectivity index (χ0n) is 44.5. The van der Waals surface area contributed by atoms with Crippen LogP contribution in [0.4, 0.5) is 0 Å². The Morgan fingerprint density at radius 2 is 1.05 bits per heavy atom. The van der Waals surface area contributed by atoms with Crippen LogP contribution in [0, 0.1) is 0 Å². The quantitative estimate of drug-likeness (QED) is 0.0807. The number of H-pyrrole nitrogens is 1. The summed E-state index contributed by atoms with van der Waals surface area (Å²) in [6.45, 7) is 13.1. The van der Waals surface area contributed by atoms with Gasteiger partial charge in [-0.1, -0.05) is 217 Å². The Balaban J connectivity index is 1.50. The Morgan fingerprint density at radius 3 is 1.47 bits per heavy atom. The highest BCUT2D eigenvalue weighted by atomic mass is 28.4. The van der Waals surface area contributed by atoms with Gasteiger partial charge in [0.2, 0.25) is 0 Å². The van der Waals surface area contributed by atoms with Crippen molar-refractivity contribution in [1.82, 2.24) is 9.55 Å². The lowest BCUT2D eigenvalue weighted by molar-refractivity contribution is -0.256. The number of hydrogen-bond donors (Lipinski definition) is 2. The van der Waals surface area contributed by atoms with E-state index in [0.717, 1.165) is 21.5 Å². The van der Waals surface area contributed by atoms with Crippen LogP contribution >= 0.6 is 0 Å². The first-order valence-electron chi connectivity index (χ1n) is 25.8. The molecule has 5 atom stereocenters. The molecule has 9 rings (SSSR count). The summed E-state index contributed by atoms with van der Waals surface area (Å²) < 4.78 is 45.6. The van der Waals surface area contributed by atoms with E-state index in [1.54, 1.807) is 14.2 Å². The smallest absolute Gasteiger partial charge is 0.330 e. The van der Waals surface area contributed by atoms with Gasteiger partial charge >= 0.3 is 5.69 Å². The number of methoxy groups -OCH3 is 2. The SMILES string of the molecule is COc1ccc(C(OC(c2ccccc2)C2(C(O[SiH2]C(C)(C)C)(c3ccccc3)c3ccccc3)OC(n3ccc(=O)[nH]c3=O)C(O)C2O[Si](c2ccccc2)(c2ccccc2)C(C)(C)C)c2ccc(OC)cc2)cc1. The second kappa shape index (κ2) is 22.3. The van der Waals surface area contributed by atoms with Crippen molar-refractivity contribution in [3.8, 4) is 11.5 Å². The molecule has 0 radical (unpaired) electrons. The van der Waals surface area contributed by atoms with Crippen LogP contribution in [0.2, 0.25) is 10.1 Å². The first-order chi connectivity index (χ1) is 36.6. The highest BCUT2D eigenvalue weighted by Crippen LogP contribution is 2.62. The van der Waals surface area contributed by atoms with Gasteiger partial charge in [-0.15, -0.1) is 0 Å². The highest BCUT2D eigenvalue weighted by Gasteiger charge is 2.74. The van der Waals surface area contributed by atoms with Gasteiger partial charge in [0.25, 0.3) is 13.9 Å². The van der Waals surface area contributed by atoms with E-state index in [-0.39, 0.29) is 5.04 Å². The number of aliphatic hydroxyl groups excluding tert-OH is 1. The number of nitrogens with zero attached hydrogens (tertiary/aromatic N) is 1. The predicted octanol–water partition coefficient (Wildman–Crippen LogP) is 9.94. The van der Waals surface area contributed by atoms with Gasteiger partial charge in [-0.2, -0.15) is 0 Å². The summed E-state index contributed by atoms with van der Waals surface area (Å²) in [5.41, 5.74) is -1.49. The van der Waals surface area contributed by atoms with Gasteiger partial charge in [0, 0.05) is 12.3 Å². The average Bonchev–Trinajstić information content (AvgIpc) is 3.72. The van der Waals surface area contributed by atoms with E-state index in [0.29, 0.717) is 28.2 Å². The Labute approximate surface area is 449 Å². The number of aliphatic hydroxyl groups is 1. The third kappa shape index (κ3) is 10.2. The molecule has 2 heterocycles. The largest absolute Gasteiger partial charge is 0.497 e. The Hall–Kier alpha value is -6.95. The summed E-state index contributed by atoms with van der Waals surface area (Å²) in [4.78, 5) is 30.0. The second-order valence-corrected chi connectivity index (χ2v) is 28.6. The minimum atomic E-state index is -3.79. The summed E-state index contributed by atoms with van der Waals surface area (Å²) in [6.07, 6.45) is -5.28. The van der Waals surface area contributed by atoms with E-state index in [4.69, 9.17) is 27.8 Å². The second-order valence-electron chi connectivity index (χ2n) is 21.6. The van der Waals surface area contributed by atoms with Crippen molar-refractivity contribution in [1.29, 1.82) is 0 Å². The van der Waals surface area contributed by atoms with Gasteiger partial charge < -0.3 is 32.9 Å². The van der Waals surface area contributed by atoms with Crippen LogP contribution in [0.5, 0.6) is 11.5 Å². The number of ether oxygens (including phenoxy) is 4. The Kier molecular flexibility index (Phi) is 15.8. The average molecular weight is 1050 g/mol. The molecule has 1 aliphatic heterocycles. The molecule has 0 saturated carbocycles. The molecule has 13 heteroatoms. The fraction of sp³-hybridized carbons (Fsp3) is 0.270. The maximum absolute atomic E-state index is 14.5. The van der Waals surface area contributed by atoms with Gasteiger partial charge in [0.15, 0.2) is 21.6 Å². The number of rotatable bonds is 18. The molecule has 0 aliphatic carbocycles. The number of hydrogen-bond acceptors (Lipinski definition) is 9. The zero-order chi connectivity index (χ0) is 53.7. The van der Waals surface area contributed by atoms with Gasteiger partial charge in [-0.3, -0.25) is 14.3 Å². The number of aromatic nitrogens is 2. The number of aromatic amines is 1. The predicted molar refractivity (Wildman–Crippen MR) is 304 cm³/mol. The summed E-state index contributed by atoms with van der Waals surface area (Å²) >= 11 is 0. The third-order valence-electron chi connectivity index (χ3n) is 14.4. The maximum Gasteiger partial charge on any atom is 0.330 e. The van der Waals surface area contributed by atoms with Crippen molar-refractivity contribution in [3.05, 3.63) is 261 Å². The van der Waals surface area contributed by atoms with Crippen molar-refractivity contribution >= 4 is 28.5 Å². The molecule has 0 spiro atoms. The molecule has 1 aromatic heterocycles. The van der Waals surface area contributed by atoms with Crippen LogP contribution in [0.15, 0.2) is 222 Å². The van der Waals surface area contributed by atoms with Crippen LogP contribution in [0.3, 0.4) is 0 Å². The Morgan fingerprint density at radius 1 is 0.605 bits per heavy atom. The molecular weight excluding hydrogens is 985 g/mol. The van der Waals surface area contributed by atoms with Crippen LogP contribution in [-0.4, -0.2) is 64.8 Å². The fourth-order valence-corrected chi connectivity index (χ4v) is 16.9. The van der Waals surface area contributed by atoms with E-state index in [1.165, 1.54) is 16.8 Å². The minimum Gasteiger partial charge on any atom is -0.497 e. The summed E-state index contributed by atoms with van der Waals surface area (Å²) in [6, 6.07) is 67.2. The molecule has 392 valence electrons. The highest BCUT2D eigenvalue weighted by molar-refractivity contribution is 6.99. The standard InChI is InChI=1S/C63H68N2O9Si2/c1-60(2,3)75-74-62(47-26-16-10-17-27-47,48-28-18-11-19-29-48)63(56(46-24-14-9-15-25-46)71-55(44-34-38-49(69-7)39-35-44)45-36-40-50(70-8)41-37-45)57(54(67)58(72-63)65-43-42-53(66)64-59(65)68)73-76(61(4,5)6,51-30-20-12-21-31-51)52-32-22-13-23-33-52/h9-43,54-58,67H,75H2,1-8H3,(H,64,66,68). The van der Waals surface area contributed by atoms with Crippen LogP contribution in [0.25, 0.3) is 0 Å². The van der Waals surface area contributed by atoms with Gasteiger partial charge in [0.05, 0.1) is 14.2 Å². The monoisotopic (exact) mass is 1050 g/mol. The van der Waals surface area contributed by atoms with E-state index >= 15 is 0 Å². The molecule has 8 aromatic rings. The molecule has 11 nitrogen and oxygen atoms in total. The van der Waals surface area contributed by atoms with E-state index in [1.807, 2.05) is 176 Å². The van der Waals surface area contributed by atoms with Crippen molar-refractivity contribution in [2.75, 3.05) is 14.2 Å². The molecule has 7 aromatic carbocycles. The molecule has 76 heavy (non-hydrogen) atoms. The molecule has 0 bridgehead atoms.